The molecule has 29 heavy (non-hydrogen) atoms. The van der Waals surface area contributed by atoms with Crippen LogP contribution in [0.3, 0.4) is 0 Å². The van der Waals surface area contributed by atoms with E-state index >= 15 is 0 Å². The van der Waals surface area contributed by atoms with Crippen molar-refractivity contribution in [2.45, 2.75) is 20.4 Å². The number of rotatable bonds is 4. The Bertz CT molecular complexity index is 1240. The van der Waals surface area contributed by atoms with Crippen LogP contribution in [0.2, 0.25) is 0 Å². The van der Waals surface area contributed by atoms with Crippen molar-refractivity contribution in [3.8, 4) is 5.75 Å². The molecule has 2 amide bonds. The van der Waals surface area contributed by atoms with E-state index in [2.05, 4.69) is 20.6 Å². The maximum absolute atomic E-state index is 12.5. The van der Waals surface area contributed by atoms with Crippen molar-refractivity contribution < 1.29 is 19.1 Å². The number of ether oxygens (including phenoxy) is 1. The Hall–Kier alpha value is -3.53. The van der Waals surface area contributed by atoms with Gasteiger partial charge < -0.3 is 20.4 Å². The molecule has 0 saturated carbocycles. The summed E-state index contributed by atoms with van der Waals surface area (Å²) < 4.78 is 5.30. The van der Waals surface area contributed by atoms with E-state index in [-0.39, 0.29) is 30.7 Å². The summed E-state index contributed by atoms with van der Waals surface area (Å²) in [5.41, 5.74) is 1.37. The molecule has 1 aromatic carbocycles. The van der Waals surface area contributed by atoms with Crippen molar-refractivity contribution >= 4 is 44.8 Å². The minimum Gasteiger partial charge on any atom is -0.482 e. The molecule has 3 N–H and O–H groups in total. The number of aromatic amines is 1. The van der Waals surface area contributed by atoms with E-state index in [1.54, 1.807) is 25.1 Å². The second-order valence-corrected chi connectivity index (χ2v) is 7.56. The first-order valence-corrected chi connectivity index (χ1v) is 9.53. The number of aromatic nitrogens is 2. The van der Waals surface area contributed by atoms with Gasteiger partial charge in [-0.25, -0.2) is 4.98 Å². The number of carbonyl (C=O) groups excluding carboxylic acids is 3. The van der Waals surface area contributed by atoms with Gasteiger partial charge in [-0.15, -0.1) is 11.3 Å². The highest BCUT2D eigenvalue weighted by Crippen LogP contribution is 2.29. The number of hydrogen-bond donors (Lipinski definition) is 3. The first-order chi connectivity index (χ1) is 13.8. The van der Waals surface area contributed by atoms with Crippen LogP contribution in [-0.4, -0.2) is 34.2 Å². The minimum absolute atomic E-state index is 0.0296. The molecule has 1 aliphatic rings. The van der Waals surface area contributed by atoms with E-state index in [0.29, 0.717) is 32.1 Å². The fourth-order valence-electron chi connectivity index (χ4n) is 3.09. The van der Waals surface area contributed by atoms with Crippen LogP contribution < -0.4 is 20.9 Å². The average Bonchev–Trinajstić information content (AvgIpc) is 3.03. The van der Waals surface area contributed by atoms with Crippen LogP contribution in [0.15, 0.2) is 23.0 Å². The molecule has 0 bridgehead atoms. The molecule has 0 saturated heterocycles. The normalized spacial score (nSPS) is 12.8. The van der Waals surface area contributed by atoms with Gasteiger partial charge in [0.05, 0.1) is 16.0 Å². The Morgan fingerprint density at radius 3 is 2.86 bits per heavy atom. The molecule has 0 radical (unpaired) electrons. The Balaban J connectivity index is 1.55. The summed E-state index contributed by atoms with van der Waals surface area (Å²) in [6.45, 7) is 3.24. The number of ketones is 1. The van der Waals surface area contributed by atoms with Crippen LogP contribution in [0.25, 0.3) is 10.2 Å². The molecule has 3 heterocycles. The number of Topliss-reactive ketones (excluding diaryl/α,β-unsaturated/α-hetero) is 1. The fourth-order valence-corrected chi connectivity index (χ4v) is 4.17. The summed E-state index contributed by atoms with van der Waals surface area (Å²) in [5, 5.41) is 5.70. The van der Waals surface area contributed by atoms with Gasteiger partial charge in [0.2, 0.25) is 5.82 Å². The van der Waals surface area contributed by atoms with Crippen LogP contribution in [0.1, 0.15) is 38.3 Å². The third-order valence-electron chi connectivity index (χ3n) is 4.47. The Labute approximate surface area is 168 Å². The molecule has 0 spiro atoms. The molecule has 9 nitrogen and oxygen atoms in total. The van der Waals surface area contributed by atoms with Gasteiger partial charge in [0.25, 0.3) is 17.4 Å². The summed E-state index contributed by atoms with van der Waals surface area (Å²) in [5.74, 6) is -0.527. The lowest BCUT2D eigenvalue weighted by Crippen LogP contribution is -2.28. The highest BCUT2D eigenvalue weighted by molar-refractivity contribution is 7.20. The lowest BCUT2D eigenvalue weighted by atomic mass is 10.1. The van der Waals surface area contributed by atoms with Crippen molar-refractivity contribution in [1.29, 1.82) is 0 Å². The third-order valence-corrected chi connectivity index (χ3v) is 5.75. The molecule has 0 aliphatic carbocycles. The highest BCUT2D eigenvalue weighted by Gasteiger charge is 2.20. The molecular formula is C19H16N4O5S. The average molecular weight is 412 g/mol. The van der Waals surface area contributed by atoms with Crippen LogP contribution in [0, 0.1) is 6.92 Å². The quantitative estimate of drug-likeness (QED) is 0.560. The summed E-state index contributed by atoms with van der Waals surface area (Å²) in [7, 11) is 0. The van der Waals surface area contributed by atoms with Crippen LogP contribution >= 0.6 is 11.3 Å². The zero-order chi connectivity index (χ0) is 20.7. The zero-order valence-electron chi connectivity index (χ0n) is 15.5. The molecule has 4 rings (SSSR count). The van der Waals surface area contributed by atoms with Crippen molar-refractivity contribution in [3.05, 3.63) is 50.4 Å². The standard InChI is InChI=1S/C19H16N4O5S/c1-8-14-17(26)22-16(23-19(14)29-15(8)9(2)24)18(27)20-6-10-3-4-12-11(5-10)21-13(25)7-28-12/h3-5H,6-7H2,1-2H3,(H,20,27)(H,21,25)(H,22,23,26). The minimum atomic E-state index is -0.558. The smallest absolute Gasteiger partial charge is 0.287 e. The number of hydrogen-bond acceptors (Lipinski definition) is 7. The van der Waals surface area contributed by atoms with E-state index in [1.165, 1.54) is 6.92 Å². The highest BCUT2D eigenvalue weighted by atomic mass is 32.1. The van der Waals surface area contributed by atoms with Gasteiger partial charge >= 0.3 is 0 Å². The van der Waals surface area contributed by atoms with Crippen molar-refractivity contribution in [2.75, 3.05) is 11.9 Å². The molecule has 1 aliphatic heterocycles. The largest absolute Gasteiger partial charge is 0.482 e. The Kier molecular flexibility index (Phi) is 4.63. The predicted octanol–water partition coefficient (Wildman–Crippen LogP) is 1.76. The molecule has 3 aromatic rings. The molecule has 0 atom stereocenters. The second-order valence-electron chi connectivity index (χ2n) is 6.56. The van der Waals surface area contributed by atoms with E-state index < -0.39 is 11.5 Å². The number of benzene rings is 1. The number of H-pyrrole nitrogens is 1. The van der Waals surface area contributed by atoms with E-state index in [4.69, 9.17) is 4.74 Å². The van der Waals surface area contributed by atoms with Gasteiger partial charge in [-0.05, 0) is 37.1 Å². The van der Waals surface area contributed by atoms with Gasteiger partial charge in [0.1, 0.15) is 10.6 Å². The predicted molar refractivity (Wildman–Crippen MR) is 107 cm³/mol. The molecular weight excluding hydrogens is 396 g/mol. The topological polar surface area (TPSA) is 130 Å². The number of amides is 2. The SMILES string of the molecule is CC(=O)c1sc2nc(C(=O)NCc3ccc4c(c3)NC(=O)CO4)[nH]c(=O)c2c1C. The van der Waals surface area contributed by atoms with Crippen LogP contribution in [0.5, 0.6) is 5.75 Å². The summed E-state index contributed by atoms with van der Waals surface area (Å²) in [6, 6.07) is 5.17. The molecule has 0 fully saturated rings. The third kappa shape index (κ3) is 3.49. The number of aryl methyl sites for hydroxylation is 1. The molecule has 2 aromatic heterocycles. The zero-order valence-corrected chi connectivity index (χ0v) is 16.4. The summed E-state index contributed by atoms with van der Waals surface area (Å²) >= 11 is 1.09. The maximum Gasteiger partial charge on any atom is 0.287 e. The summed E-state index contributed by atoms with van der Waals surface area (Å²) in [6.07, 6.45) is 0. The number of carbonyl (C=O) groups is 3. The fraction of sp³-hybridized carbons (Fsp3) is 0.211. The maximum atomic E-state index is 12.5. The van der Waals surface area contributed by atoms with Crippen LogP contribution in [-0.2, 0) is 11.3 Å². The van der Waals surface area contributed by atoms with Crippen molar-refractivity contribution in [2.24, 2.45) is 0 Å². The van der Waals surface area contributed by atoms with Crippen molar-refractivity contribution in [1.82, 2.24) is 15.3 Å². The molecule has 148 valence electrons. The molecule has 10 heteroatoms. The lowest BCUT2D eigenvalue weighted by molar-refractivity contribution is -0.118. The molecule has 0 unspecified atom stereocenters. The van der Waals surface area contributed by atoms with Gasteiger partial charge in [-0.3, -0.25) is 19.2 Å². The van der Waals surface area contributed by atoms with E-state index in [9.17, 15) is 19.2 Å². The van der Waals surface area contributed by atoms with E-state index in [1.807, 2.05) is 0 Å². The first kappa shape index (κ1) is 18.8. The number of thiophene rings is 1. The number of nitrogens with zero attached hydrogens (tertiary/aromatic N) is 1. The van der Waals surface area contributed by atoms with Gasteiger partial charge in [-0.2, -0.15) is 0 Å². The van der Waals surface area contributed by atoms with Crippen LogP contribution in [0.4, 0.5) is 5.69 Å². The number of fused-ring (bicyclic) bond motifs is 2. The second kappa shape index (κ2) is 7.13. The monoisotopic (exact) mass is 412 g/mol. The number of nitrogens with one attached hydrogen (secondary N) is 3. The van der Waals surface area contributed by atoms with Gasteiger partial charge in [0, 0.05) is 6.54 Å². The lowest BCUT2D eigenvalue weighted by Gasteiger charge is -2.18. The first-order valence-electron chi connectivity index (χ1n) is 8.71. The Morgan fingerprint density at radius 2 is 2.10 bits per heavy atom. The summed E-state index contributed by atoms with van der Waals surface area (Å²) in [4.78, 5) is 55.5. The number of anilines is 1. The Morgan fingerprint density at radius 1 is 1.31 bits per heavy atom. The van der Waals surface area contributed by atoms with Gasteiger partial charge in [-0.1, -0.05) is 6.07 Å². The van der Waals surface area contributed by atoms with Gasteiger partial charge in [0.15, 0.2) is 12.4 Å². The van der Waals surface area contributed by atoms with Crippen molar-refractivity contribution in [3.63, 3.8) is 0 Å². The van der Waals surface area contributed by atoms with E-state index in [0.717, 1.165) is 16.9 Å².